The van der Waals surface area contributed by atoms with E-state index >= 15 is 0 Å². The fourth-order valence-corrected chi connectivity index (χ4v) is 3.40. The van der Waals surface area contributed by atoms with E-state index in [0.29, 0.717) is 26.0 Å². The summed E-state index contributed by atoms with van der Waals surface area (Å²) in [5, 5.41) is 21.5. The van der Waals surface area contributed by atoms with Crippen LogP contribution in [-0.4, -0.2) is 46.8 Å². The van der Waals surface area contributed by atoms with Crippen LogP contribution in [0.2, 0.25) is 0 Å². The van der Waals surface area contributed by atoms with Gasteiger partial charge in [0.2, 0.25) is 0 Å². The SMILES string of the molecule is CCCCC(O)(P=O)[C@@H]1CN[C@H](Cc2cccc(C(=O)O)c2)CO1. The third-order valence-corrected chi connectivity index (χ3v) is 5.15. The first kappa shape index (κ1) is 19.0. The predicted octanol–water partition coefficient (Wildman–Crippen LogP) is 2.45. The highest BCUT2D eigenvalue weighted by Crippen LogP contribution is 2.33. The highest BCUT2D eigenvalue weighted by atomic mass is 31.1. The van der Waals surface area contributed by atoms with E-state index in [1.165, 1.54) is 0 Å². The van der Waals surface area contributed by atoms with Gasteiger partial charge in [-0.05, 0) is 37.0 Å². The standard InChI is InChI=1S/C17H24NO5P/c1-2-3-7-17(21,24-22)15-10-18-14(11-23-15)9-12-5-4-6-13(8-12)16(19)20/h4-6,8,14-15,18,21H,2-3,7,9-11H2,1H3,(H,19,20)/t14-,15+,17?/m1/s1. The monoisotopic (exact) mass is 353 g/mol. The van der Waals surface area contributed by atoms with E-state index in [1.807, 2.05) is 13.0 Å². The molecule has 2 rings (SSSR count). The maximum absolute atomic E-state index is 11.4. The van der Waals surface area contributed by atoms with Gasteiger partial charge in [0.15, 0.2) is 13.8 Å². The molecule has 1 aliphatic heterocycles. The van der Waals surface area contributed by atoms with E-state index in [4.69, 9.17) is 9.84 Å². The lowest BCUT2D eigenvalue weighted by Crippen LogP contribution is -2.54. The Morgan fingerprint density at radius 1 is 1.50 bits per heavy atom. The summed E-state index contributed by atoms with van der Waals surface area (Å²) >= 11 is 0. The van der Waals surface area contributed by atoms with Crippen molar-refractivity contribution in [3.63, 3.8) is 0 Å². The molecule has 24 heavy (non-hydrogen) atoms. The first-order chi connectivity index (χ1) is 11.5. The predicted molar refractivity (Wildman–Crippen MR) is 90.7 cm³/mol. The molecular weight excluding hydrogens is 329 g/mol. The van der Waals surface area contributed by atoms with Gasteiger partial charge in [-0.25, -0.2) is 4.79 Å². The summed E-state index contributed by atoms with van der Waals surface area (Å²) in [5.41, 5.74) is 1.18. The minimum absolute atomic E-state index is 0.0315. The molecule has 0 saturated carbocycles. The number of nitrogens with one attached hydrogen (secondary N) is 1. The van der Waals surface area contributed by atoms with Crippen LogP contribution in [0.15, 0.2) is 24.3 Å². The van der Waals surface area contributed by atoms with Crippen LogP contribution in [0, 0.1) is 0 Å². The first-order valence-electron chi connectivity index (χ1n) is 8.22. The van der Waals surface area contributed by atoms with Crippen molar-refractivity contribution in [2.75, 3.05) is 13.2 Å². The van der Waals surface area contributed by atoms with Crippen molar-refractivity contribution >= 4 is 14.4 Å². The Labute approximate surface area is 143 Å². The smallest absolute Gasteiger partial charge is 0.335 e. The molecule has 6 nitrogen and oxygen atoms in total. The van der Waals surface area contributed by atoms with Gasteiger partial charge in [0.25, 0.3) is 0 Å². The third-order valence-electron chi connectivity index (χ3n) is 4.32. The molecule has 0 aliphatic carbocycles. The minimum Gasteiger partial charge on any atom is -0.478 e. The number of unbranched alkanes of at least 4 members (excludes halogenated alkanes) is 1. The summed E-state index contributed by atoms with van der Waals surface area (Å²) < 4.78 is 17.1. The Hall–Kier alpha value is -1.33. The van der Waals surface area contributed by atoms with Crippen molar-refractivity contribution in [1.82, 2.24) is 5.32 Å². The van der Waals surface area contributed by atoms with Gasteiger partial charge in [-0.2, -0.15) is 0 Å². The van der Waals surface area contributed by atoms with Gasteiger partial charge in [-0.1, -0.05) is 25.5 Å². The van der Waals surface area contributed by atoms with Crippen molar-refractivity contribution < 1.29 is 24.3 Å². The molecule has 0 radical (unpaired) electrons. The van der Waals surface area contributed by atoms with E-state index in [1.54, 1.807) is 18.2 Å². The fourth-order valence-electron chi connectivity index (χ4n) is 2.87. The van der Waals surface area contributed by atoms with Crippen molar-refractivity contribution in [2.24, 2.45) is 0 Å². The lowest BCUT2D eigenvalue weighted by molar-refractivity contribution is -0.0884. The normalized spacial score (nSPS) is 23.8. The number of hydrogen-bond acceptors (Lipinski definition) is 5. The van der Waals surface area contributed by atoms with Crippen LogP contribution in [-0.2, 0) is 15.7 Å². The van der Waals surface area contributed by atoms with E-state index in [-0.39, 0.29) is 20.1 Å². The molecule has 1 aliphatic rings. The Balaban J connectivity index is 1.91. The molecule has 0 spiro atoms. The third kappa shape index (κ3) is 4.84. The molecule has 1 fully saturated rings. The highest BCUT2D eigenvalue weighted by molar-refractivity contribution is 7.25. The van der Waals surface area contributed by atoms with Gasteiger partial charge in [-0.15, -0.1) is 0 Å². The number of hydrogen-bond donors (Lipinski definition) is 3. The second-order valence-electron chi connectivity index (χ2n) is 6.21. The molecule has 7 heteroatoms. The van der Waals surface area contributed by atoms with Crippen LogP contribution in [0.3, 0.4) is 0 Å². The van der Waals surface area contributed by atoms with Crippen molar-refractivity contribution in [3.05, 3.63) is 35.4 Å². The van der Waals surface area contributed by atoms with Gasteiger partial charge in [0.1, 0.15) is 6.10 Å². The molecule has 1 heterocycles. The second kappa shape index (κ2) is 8.67. The average molecular weight is 353 g/mol. The molecule has 1 aromatic rings. The number of carboxylic acids is 1. The number of aliphatic hydroxyl groups is 1. The summed E-state index contributed by atoms with van der Waals surface area (Å²) in [6, 6.07) is 6.86. The van der Waals surface area contributed by atoms with E-state index in [0.717, 1.165) is 18.4 Å². The van der Waals surface area contributed by atoms with Crippen molar-refractivity contribution in [1.29, 1.82) is 0 Å². The number of rotatable bonds is 8. The van der Waals surface area contributed by atoms with Crippen LogP contribution >= 0.6 is 8.46 Å². The molecule has 3 N–H and O–H groups in total. The van der Waals surface area contributed by atoms with Crippen molar-refractivity contribution in [3.8, 4) is 0 Å². The summed E-state index contributed by atoms with van der Waals surface area (Å²) in [6.45, 7) is 2.81. The zero-order chi connectivity index (χ0) is 17.6. The molecule has 0 bridgehead atoms. The molecule has 0 aromatic heterocycles. The minimum atomic E-state index is -1.35. The largest absolute Gasteiger partial charge is 0.478 e. The average Bonchev–Trinajstić information content (AvgIpc) is 2.60. The Morgan fingerprint density at radius 3 is 2.88 bits per heavy atom. The van der Waals surface area contributed by atoms with Gasteiger partial charge in [0, 0.05) is 12.6 Å². The number of aromatic carboxylic acids is 1. The molecule has 1 aromatic carbocycles. The molecule has 1 unspecified atom stereocenters. The number of carbonyl (C=O) groups is 1. The van der Waals surface area contributed by atoms with E-state index in [9.17, 15) is 14.5 Å². The summed E-state index contributed by atoms with van der Waals surface area (Å²) in [4.78, 5) is 11.0. The number of morpholine rings is 1. The van der Waals surface area contributed by atoms with Gasteiger partial charge >= 0.3 is 5.97 Å². The zero-order valence-corrected chi connectivity index (χ0v) is 14.7. The number of ether oxygens (including phenoxy) is 1. The maximum atomic E-state index is 11.4. The number of carboxylic acid groups (broad SMARTS) is 1. The van der Waals surface area contributed by atoms with Gasteiger partial charge < -0.3 is 20.3 Å². The second-order valence-corrected chi connectivity index (χ2v) is 7.17. The van der Waals surface area contributed by atoms with Crippen LogP contribution in [0.4, 0.5) is 0 Å². The Kier molecular flexibility index (Phi) is 6.87. The summed E-state index contributed by atoms with van der Waals surface area (Å²) in [5.74, 6) is -0.944. The topological polar surface area (TPSA) is 95.9 Å². The first-order valence-corrected chi connectivity index (χ1v) is 9.04. The lowest BCUT2D eigenvalue weighted by Gasteiger charge is -2.37. The Morgan fingerprint density at radius 2 is 2.29 bits per heavy atom. The van der Waals surface area contributed by atoms with Crippen LogP contribution in [0.1, 0.15) is 42.1 Å². The number of benzene rings is 1. The maximum Gasteiger partial charge on any atom is 0.335 e. The quantitative estimate of drug-likeness (QED) is 0.622. The summed E-state index contributed by atoms with van der Waals surface area (Å²) in [7, 11) is -0.308. The lowest BCUT2D eigenvalue weighted by atomic mass is 10.0. The van der Waals surface area contributed by atoms with Crippen LogP contribution in [0.5, 0.6) is 0 Å². The van der Waals surface area contributed by atoms with Crippen molar-refractivity contribution in [2.45, 2.75) is 50.1 Å². The Bertz CT molecular complexity index is 574. The van der Waals surface area contributed by atoms with E-state index in [2.05, 4.69) is 5.32 Å². The van der Waals surface area contributed by atoms with Crippen LogP contribution < -0.4 is 5.32 Å². The van der Waals surface area contributed by atoms with Crippen LogP contribution in [0.25, 0.3) is 0 Å². The summed E-state index contributed by atoms with van der Waals surface area (Å²) in [6.07, 6.45) is 2.27. The molecule has 0 amide bonds. The van der Waals surface area contributed by atoms with Gasteiger partial charge in [0.05, 0.1) is 12.2 Å². The zero-order valence-electron chi connectivity index (χ0n) is 13.8. The van der Waals surface area contributed by atoms with E-state index < -0.39 is 17.4 Å². The highest BCUT2D eigenvalue weighted by Gasteiger charge is 2.40. The fraction of sp³-hybridized carbons (Fsp3) is 0.588. The molecule has 132 valence electrons. The molecule has 1 saturated heterocycles. The van der Waals surface area contributed by atoms with Gasteiger partial charge in [-0.3, -0.25) is 4.57 Å². The molecule has 3 atom stereocenters. The molecular formula is C17H24NO5P.